The van der Waals surface area contributed by atoms with Crippen molar-refractivity contribution in [3.05, 3.63) is 49.6 Å². The van der Waals surface area contributed by atoms with Crippen molar-refractivity contribution in [1.29, 1.82) is 0 Å². The summed E-state index contributed by atoms with van der Waals surface area (Å²) in [6.07, 6.45) is 0. The lowest BCUT2D eigenvalue weighted by Gasteiger charge is -2.12. The Morgan fingerprint density at radius 1 is 1.32 bits per heavy atom. The van der Waals surface area contributed by atoms with Crippen LogP contribution in [0.3, 0.4) is 0 Å². The number of alkyl halides is 1. The minimum atomic E-state index is -0.123. The highest BCUT2D eigenvalue weighted by atomic mass is 79.9. The molecule has 4 heteroatoms. The molecule has 2 aromatic rings. The van der Waals surface area contributed by atoms with E-state index in [-0.39, 0.29) is 5.38 Å². The SMILES string of the molecule is CCOc1ccc(C(Cl)c2cc(C)c(C)s2)c(Br)c1. The molecule has 0 saturated heterocycles. The largest absolute Gasteiger partial charge is 0.494 e. The van der Waals surface area contributed by atoms with E-state index < -0.39 is 0 Å². The van der Waals surface area contributed by atoms with Crippen LogP contribution >= 0.6 is 38.9 Å². The lowest BCUT2D eigenvalue weighted by Crippen LogP contribution is -1.95. The zero-order chi connectivity index (χ0) is 14.0. The second-order valence-corrected chi connectivity index (χ2v) is 6.95. The van der Waals surface area contributed by atoms with Gasteiger partial charge in [-0.15, -0.1) is 22.9 Å². The molecule has 0 N–H and O–H groups in total. The van der Waals surface area contributed by atoms with Crippen molar-refractivity contribution in [3.8, 4) is 5.75 Å². The summed E-state index contributed by atoms with van der Waals surface area (Å²) in [5, 5.41) is -0.123. The van der Waals surface area contributed by atoms with Gasteiger partial charge in [0.2, 0.25) is 0 Å². The fourth-order valence-electron chi connectivity index (χ4n) is 1.85. The predicted octanol–water partition coefficient (Wildman–Crippen LogP) is 5.85. The Labute approximate surface area is 131 Å². The molecule has 0 amide bonds. The van der Waals surface area contributed by atoms with Crippen molar-refractivity contribution in [2.45, 2.75) is 26.1 Å². The second kappa shape index (κ2) is 6.29. The fraction of sp³-hybridized carbons (Fsp3) is 0.333. The number of hydrogen-bond acceptors (Lipinski definition) is 2. The zero-order valence-electron chi connectivity index (χ0n) is 11.2. The van der Waals surface area contributed by atoms with Gasteiger partial charge in [-0.1, -0.05) is 22.0 Å². The van der Waals surface area contributed by atoms with Gasteiger partial charge < -0.3 is 4.74 Å². The topological polar surface area (TPSA) is 9.23 Å². The van der Waals surface area contributed by atoms with Crippen LogP contribution < -0.4 is 4.74 Å². The van der Waals surface area contributed by atoms with Crippen LogP contribution in [-0.2, 0) is 0 Å². The molecule has 1 nitrogen and oxygen atoms in total. The molecule has 1 aromatic carbocycles. The van der Waals surface area contributed by atoms with E-state index in [4.69, 9.17) is 16.3 Å². The van der Waals surface area contributed by atoms with E-state index in [0.717, 1.165) is 15.8 Å². The smallest absolute Gasteiger partial charge is 0.120 e. The van der Waals surface area contributed by atoms with Gasteiger partial charge in [0.05, 0.1) is 12.0 Å². The Morgan fingerprint density at radius 2 is 2.05 bits per heavy atom. The van der Waals surface area contributed by atoms with Crippen LogP contribution in [0.2, 0.25) is 0 Å². The Kier molecular flexibility index (Phi) is 4.93. The maximum absolute atomic E-state index is 6.59. The van der Waals surface area contributed by atoms with E-state index in [1.165, 1.54) is 15.3 Å². The summed E-state index contributed by atoms with van der Waals surface area (Å²) in [7, 11) is 0. The monoisotopic (exact) mass is 358 g/mol. The average Bonchev–Trinajstić information content (AvgIpc) is 2.69. The van der Waals surface area contributed by atoms with E-state index in [2.05, 4.69) is 35.8 Å². The lowest BCUT2D eigenvalue weighted by atomic mass is 10.1. The second-order valence-electron chi connectivity index (χ2n) is 4.37. The minimum Gasteiger partial charge on any atom is -0.494 e. The van der Waals surface area contributed by atoms with Crippen molar-refractivity contribution in [2.24, 2.45) is 0 Å². The standard InChI is InChI=1S/C15H16BrClOS/c1-4-18-11-5-6-12(13(16)8-11)15(17)14-7-9(2)10(3)19-14/h5-8,15H,4H2,1-3H3. The van der Waals surface area contributed by atoms with Gasteiger partial charge >= 0.3 is 0 Å². The quantitative estimate of drug-likeness (QED) is 0.622. The first-order valence-corrected chi connectivity index (χ1v) is 8.20. The summed E-state index contributed by atoms with van der Waals surface area (Å²) in [4.78, 5) is 2.50. The number of rotatable bonds is 4. The molecule has 0 aliphatic carbocycles. The van der Waals surface area contributed by atoms with Gasteiger partial charge in [0.25, 0.3) is 0 Å². The summed E-state index contributed by atoms with van der Waals surface area (Å²) in [5.74, 6) is 0.862. The third-order valence-electron chi connectivity index (χ3n) is 2.99. The van der Waals surface area contributed by atoms with Gasteiger partial charge in [0, 0.05) is 14.2 Å². The van der Waals surface area contributed by atoms with Crippen LogP contribution in [0.1, 0.15) is 33.2 Å². The highest BCUT2D eigenvalue weighted by Crippen LogP contribution is 2.39. The summed E-state index contributed by atoms with van der Waals surface area (Å²) in [6.45, 7) is 6.88. The molecular weight excluding hydrogens is 344 g/mol. The molecular formula is C15H16BrClOS. The highest BCUT2D eigenvalue weighted by Gasteiger charge is 2.17. The molecule has 0 aliphatic rings. The molecule has 1 atom stereocenters. The van der Waals surface area contributed by atoms with Crippen LogP contribution in [0.4, 0.5) is 0 Å². The number of halogens is 2. The van der Waals surface area contributed by atoms with Gasteiger partial charge in [-0.3, -0.25) is 0 Å². The third kappa shape index (κ3) is 3.33. The summed E-state index contributed by atoms with van der Waals surface area (Å²) in [5.41, 5.74) is 2.37. The van der Waals surface area contributed by atoms with Crippen LogP contribution in [0.15, 0.2) is 28.7 Å². The Morgan fingerprint density at radius 3 is 2.58 bits per heavy atom. The molecule has 0 radical (unpaired) electrons. The molecule has 1 unspecified atom stereocenters. The predicted molar refractivity (Wildman–Crippen MR) is 86.8 cm³/mol. The molecule has 19 heavy (non-hydrogen) atoms. The number of ether oxygens (including phenoxy) is 1. The van der Waals surface area contributed by atoms with Gasteiger partial charge in [-0.25, -0.2) is 0 Å². The van der Waals surface area contributed by atoms with E-state index in [1.807, 2.05) is 25.1 Å². The fourth-order valence-corrected chi connectivity index (χ4v) is 3.99. The molecule has 0 fully saturated rings. The molecule has 1 heterocycles. The van der Waals surface area contributed by atoms with Crippen LogP contribution in [0, 0.1) is 13.8 Å². The normalized spacial score (nSPS) is 12.5. The van der Waals surface area contributed by atoms with Crippen LogP contribution in [0.5, 0.6) is 5.75 Å². The summed E-state index contributed by atoms with van der Waals surface area (Å²) < 4.78 is 6.47. The number of hydrogen-bond donors (Lipinski definition) is 0. The first kappa shape index (κ1) is 14.9. The molecule has 0 aliphatic heterocycles. The van der Waals surface area contributed by atoms with Gasteiger partial charge in [0.1, 0.15) is 5.75 Å². The van der Waals surface area contributed by atoms with Gasteiger partial charge in [-0.2, -0.15) is 0 Å². The van der Waals surface area contributed by atoms with Crippen molar-refractivity contribution in [3.63, 3.8) is 0 Å². The number of aryl methyl sites for hydroxylation is 2. The third-order valence-corrected chi connectivity index (χ3v) is 5.49. The average molecular weight is 360 g/mol. The molecule has 1 aromatic heterocycles. The lowest BCUT2D eigenvalue weighted by molar-refractivity contribution is 0.340. The van der Waals surface area contributed by atoms with Crippen LogP contribution in [0.25, 0.3) is 0 Å². The maximum atomic E-state index is 6.59. The molecule has 0 bridgehead atoms. The molecule has 0 saturated carbocycles. The molecule has 0 spiro atoms. The van der Waals surface area contributed by atoms with Crippen molar-refractivity contribution < 1.29 is 4.74 Å². The van der Waals surface area contributed by atoms with E-state index >= 15 is 0 Å². The summed E-state index contributed by atoms with van der Waals surface area (Å²) in [6, 6.07) is 8.13. The van der Waals surface area contributed by atoms with E-state index in [0.29, 0.717) is 6.61 Å². The van der Waals surface area contributed by atoms with Crippen molar-refractivity contribution in [2.75, 3.05) is 6.61 Å². The van der Waals surface area contributed by atoms with Crippen molar-refractivity contribution >= 4 is 38.9 Å². The van der Waals surface area contributed by atoms with Gasteiger partial charge in [-0.05, 0) is 50.1 Å². The Hall–Kier alpha value is -0.510. The van der Waals surface area contributed by atoms with Gasteiger partial charge in [0.15, 0.2) is 0 Å². The van der Waals surface area contributed by atoms with E-state index in [9.17, 15) is 0 Å². The first-order chi connectivity index (χ1) is 9.02. The summed E-state index contributed by atoms with van der Waals surface area (Å²) >= 11 is 11.9. The van der Waals surface area contributed by atoms with E-state index in [1.54, 1.807) is 11.3 Å². The highest BCUT2D eigenvalue weighted by molar-refractivity contribution is 9.10. The minimum absolute atomic E-state index is 0.123. The number of thiophene rings is 1. The molecule has 2 rings (SSSR count). The Balaban J connectivity index is 2.30. The van der Waals surface area contributed by atoms with Crippen molar-refractivity contribution in [1.82, 2.24) is 0 Å². The first-order valence-electron chi connectivity index (χ1n) is 6.16. The maximum Gasteiger partial charge on any atom is 0.120 e. The zero-order valence-corrected chi connectivity index (χ0v) is 14.3. The Bertz CT molecular complexity index is 560. The molecule has 102 valence electrons. The number of benzene rings is 1. The van der Waals surface area contributed by atoms with Crippen LogP contribution in [-0.4, -0.2) is 6.61 Å².